The van der Waals surface area contributed by atoms with Crippen molar-refractivity contribution in [2.75, 3.05) is 5.32 Å². The highest BCUT2D eigenvalue weighted by atomic mass is 32.1. The Kier molecular flexibility index (Phi) is 4.54. The van der Waals surface area contributed by atoms with Crippen molar-refractivity contribution < 1.29 is 9.59 Å². The van der Waals surface area contributed by atoms with Crippen molar-refractivity contribution in [1.82, 2.24) is 10.3 Å². The fraction of sp³-hybridized carbons (Fsp3) is 0.214. The molecule has 1 aromatic heterocycles. The van der Waals surface area contributed by atoms with Crippen LogP contribution >= 0.6 is 11.3 Å². The summed E-state index contributed by atoms with van der Waals surface area (Å²) in [7, 11) is 0. The number of urea groups is 1. The van der Waals surface area contributed by atoms with E-state index in [1.807, 2.05) is 41.9 Å². The number of thiazole rings is 1. The smallest absolute Gasteiger partial charge is 0.318 e. The van der Waals surface area contributed by atoms with Gasteiger partial charge in [0.2, 0.25) is 5.91 Å². The first-order chi connectivity index (χ1) is 9.95. The lowest BCUT2D eigenvalue weighted by molar-refractivity contribution is -0.120. The van der Waals surface area contributed by atoms with Gasteiger partial charge >= 0.3 is 6.03 Å². The van der Waals surface area contributed by atoms with Crippen LogP contribution in [-0.4, -0.2) is 23.0 Å². The molecule has 1 unspecified atom stereocenters. The zero-order valence-corrected chi connectivity index (χ0v) is 12.5. The number of imide groups is 1. The summed E-state index contributed by atoms with van der Waals surface area (Å²) in [5.74, 6) is -0.471. The number of rotatable bonds is 4. The van der Waals surface area contributed by atoms with Crippen LogP contribution in [0.15, 0.2) is 29.6 Å². The van der Waals surface area contributed by atoms with Gasteiger partial charge in [0, 0.05) is 16.6 Å². The molecule has 0 radical (unpaired) electrons. The Labute approximate surface area is 126 Å². The van der Waals surface area contributed by atoms with Crippen LogP contribution in [0.2, 0.25) is 0 Å². The van der Waals surface area contributed by atoms with Crippen LogP contribution in [-0.2, 0) is 4.79 Å². The molecule has 4 N–H and O–H groups in total. The number of aromatic nitrogens is 1. The highest BCUT2D eigenvalue weighted by Crippen LogP contribution is 2.23. The number of nitrogens with one attached hydrogen (secondary N) is 2. The van der Waals surface area contributed by atoms with Crippen LogP contribution in [0.25, 0.3) is 11.3 Å². The lowest BCUT2D eigenvalue weighted by Gasteiger charge is -2.14. The minimum absolute atomic E-state index is 0.471. The number of benzene rings is 1. The summed E-state index contributed by atoms with van der Waals surface area (Å²) < 4.78 is 0. The number of carbonyl (C=O) groups excluding carboxylic acids is 2. The molecule has 1 heterocycles. The van der Waals surface area contributed by atoms with Crippen LogP contribution in [0, 0.1) is 6.92 Å². The minimum atomic E-state index is -0.858. The van der Waals surface area contributed by atoms with Crippen LogP contribution in [0.4, 0.5) is 10.5 Å². The van der Waals surface area contributed by atoms with Gasteiger partial charge in [-0.1, -0.05) is 12.1 Å². The van der Waals surface area contributed by atoms with Gasteiger partial charge in [0.15, 0.2) is 0 Å². The molecule has 0 saturated carbocycles. The van der Waals surface area contributed by atoms with Crippen LogP contribution < -0.4 is 16.4 Å². The summed E-state index contributed by atoms with van der Waals surface area (Å²) in [6.07, 6.45) is 0. The topological polar surface area (TPSA) is 97.1 Å². The third kappa shape index (κ3) is 4.03. The number of nitrogens with zero attached hydrogens (tertiary/aromatic N) is 1. The molecule has 0 saturated heterocycles. The Bertz CT molecular complexity index is 651. The highest BCUT2D eigenvalue weighted by Gasteiger charge is 2.14. The molecule has 21 heavy (non-hydrogen) atoms. The van der Waals surface area contributed by atoms with Gasteiger partial charge in [-0.2, -0.15) is 0 Å². The molecule has 0 aliphatic carbocycles. The second-order valence-electron chi connectivity index (χ2n) is 4.55. The Morgan fingerprint density at radius 3 is 2.48 bits per heavy atom. The van der Waals surface area contributed by atoms with Crippen LogP contribution in [0.1, 0.15) is 11.9 Å². The maximum Gasteiger partial charge on any atom is 0.318 e. The van der Waals surface area contributed by atoms with E-state index >= 15 is 0 Å². The number of amides is 3. The molecular weight excluding hydrogens is 288 g/mol. The number of anilines is 1. The summed E-state index contributed by atoms with van der Waals surface area (Å²) in [6, 6.07) is 6.15. The summed E-state index contributed by atoms with van der Waals surface area (Å²) >= 11 is 1.60. The van der Waals surface area contributed by atoms with Crippen LogP contribution in [0.3, 0.4) is 0 Å². The largest absolute Gasteiger partial charge is 0.374 e. The molecule has 3 amide bonds. The lowest BCUT2D eigenvalue weighted by atomic mass is 10.1. The zero-order valence-electron chi connectivity index (χ0n) is 11.7. The number of aryl methyl sites for hydroxylation is 1. The summed E-state index contributed by atoms with van der Waals surface area (Å²) in [6.45, 7) is 3.61. The van der Waals surface area contributed by atoms with E-state index in [4.69, 9.17) is 5.73 Å². The molecule has 0 aliphatic rings. The summed E-state index contributed by atoms with van der Waals surface area (Å²) in [5.41, 5.74) is 7.63. The fourth-order valence-electron chi connectivity index (χ4n) is 1.78. The highest BCUT2D eigenvalue weighted by molar-refractivity contribution is 7.09. The van der Waals surface area contributed by atoms with Crippen molar-refractivity contribution in [2.45, 2.75) is 19.9 Å². The first-order valence-electron chi connectivity index (χ1n) is 6.35. The number of hydrogen-bond acceptors (Lipinski definition) is 5. The predicted molar refractivity (Wildman–Crippen MR) is 83.1 cm³/mol. The molecule has 0 aliphatic heterocycles. The van der Waals surface area contributed by atoms with Gasteiger partial charge in [-0.15, -0.1) is 11.3 Å². The molecule has 7 heteroatoms. The van der Waals surface area contributed by atoms with Gasteiger partial charge in [-0.3, -0.25) is 10.1 Å². The van der Waals surface area contributed by atoms with Crippen molar-refractivity contribution in [3.05, 3.63) is 34.7 Å². The molecule has 1 aromatic carbocycles. The zero-order chi connectivity index (χ0) is 15.4. The van der Waals surface area contributed by atoms with Crippen LogP contribution in [0.5, 0.6) is 0 Å². The van der Waals surface area contributed by atoms with E-state index in [2.05, 4.69) is 10.3 Å². The molecule has 0 bridgehead atoms. The number of primary amides is 1. The molecular formula is C14H16N4O2S. The standard InChI is InChI=1S/C14H16N4O2S/c1-8(13(19)18-14(15)20)16-11-5-3-10(4-6-11)12-7-21-9(2)17-12/h3-8,16H,1-2H3,(H3,15,18,19,20). The third-order valence-corrected chi connectivity index (χ3v) is 3.60. The SMILES string of the molecule is Cc1nc(-c2ccc(NC(C)C(=O)NC(N)=O)cc2)cs1. The van der Waals surface area contributed by atoms with Crippen molar-refractivity contribution in [3.63, 3.8) is 0 Å². The molecule has 0 spiro atoms. The normalized spacial score (nSPS) is 11.7. The number of carbonyl (C=O) groups is 2. The predicted octanol–water partition coefficient (Wildman–Crippen LogP) is 2.11. The van der Waals surface area contributed by atoms with E-state index in [0.29, 0.717) is 0 Å². The monoisotopic (exact) mass is 304 g/mol. The van der Waals surface area contributed by atoms with Gasteiger partial charge in [-0.25, -0.2) is 9.78 Å². The van der Waals surface area contributed by atoms with E-state index < -0.39 is 18.0 Å². The fourth-order valence-corrected chi connectivity index (χ4v) is 2.40. The van der Waals surface area contributed by atoms with Crippen molar-refractivity contribution in [3.8, 4) is 11.3 Å². The molecule has 1 atom stereocenters. The van der Waals surface area contributed by atoms with Gasteiger partial charge in [0.05, 0.1) is 10.7 Å². The average molecular weight is 304 g/mol. The van der Waals surface area contributed by atoms with Crippen molar-refractivity contribution in [2.24, 2.45) is 5.73 Å². The van der Waals surface area contributed by atoms with Gasteiger partial charge in [0.25, 0.3) is 0 Å². The van der Waals surface area contributed by atoms with E-state index in [9.17, 15) is 9.59 Å². The summed E-state index contributed by atoms with van der Waals surface area (Å²) in [4.78, 5) is 26.6. The van der Waals surface area contributed by atoms with Gasteiger partial charge in [0.1, 0.15) is 6.04 Å². The quantitative estimate of drug-likeness (QED) is 0.806. The Balaban J connectivity index is 2.02. The first kappa shape index (κ1) is 15.0. The molecule has 2 aromatic rings. The van der Waals surface area contributed by atoms with Crippen molar-refractivity contribution >= 4 is 29.0 Å². The maximum absolute atomic E-state index is 11.6. The average Bonchev–Trinajstić information content (AvgIpc) is 2.85. The molecule has 6 nitrogen and oxygen atoms in total. The molecule has 110 valence electrons. The van der Waals surface area contributed by atoms with Gasteiger partial charge < -0.3 is 11.1 Å². The van der Waals surface area contributed by atoms with E-state index in [0.717, 1.165) is 22.0 Å². The van der Waals surface area contributed by atoms with Gasteiger partial charge in [-0.05, 0) is 26.0 Å². The molecule has 0 fully saturated rings. The van der Waals surface area contributed by atoms with E-state index in [1.54, 1.807) is 18.3 Å². The Morgan fingerprint density at radius 2 is 1.95 bits per heavy atom. The Morgan fingerprint density at radius 1 is 1.29 bits per heavy atom. The van der Waals surface area contributed by atoms with E-state index in [1.165, 1.54) is 0 Å². The lowest BCUT2D eigenvalue weighted by Crippen LogP contribution is -2.43. The Hall–Kier alpha value is -2.41. The first-order valence-corrected chi connectivity index (χ1v) is 7.23. The van der Waals surface area contributed by atoms with E-state index in [-0.39, 0.29) is 0 Å². The number of nitrogens with two attached hydrogens (primary N) is 1. The van der Waals surface area contributed by atoms with Crippen molar-refractivity contribution in [1.29, 1.82) is 0 Å². The molecule has 2 rings (SSSR count). The summed E-state index contributed by atoms with van der Waals surface area (Å²) in [5, 5.41) is 8.04. The maximum atomic E-state index is 11.6. The third-order valence-electron chi connectivity index (χ3n) is 2.82. The second-order valence-corrected chi connectivity index (χ2v) is 5.61. The second kappa shape index (κ2) is 6.36. The minimum Gasteiger partial charge on any atom is -0.374 e. The number of hydrogen-bond donors (Lipinski definition) is 3.